The molecule has 1 aliphatic carbocycles. The number of guanidine groups is 1. The van der Waals surface area contributed by atoms with Gasteiger partial charge in [-0.2, -0.15) is 0 Å². The van der Waals surface area contributed by atoms with E-state index in [0.29, 0.717) is 12.1 Å². The minimum atomic E-state index is 0. The molecule has 26 heavy (non-hydrogen) atoms. The van der Waals surface area contributed by atoms with E-state index in [9.17, 15) is 0 Å². The maximum atomic E-state index is 4.39. The Bertz CT molecular complexity index is 536. The maximum absolute atomic E-state index is 4.39. The summed E-state index contributed by atoms with van der Waals surface area (Å²) in [5.74, 6) is 0.960. The molecular formula is C20H34IN5. The highest BCUT2D eigenvalue weighted by Crippen LogP contribution is 2.18. The van der Waals surface area contributed by atoms with Gasteiger partial charge in [0.05, 0.1) is 0 Å². The molecular weight excluding hydrogens is 437 g/mol. The predicted octanol–water partition coefficient (Wildman–Crippen LogP) is 2.92. The van der Waals surface area contributed by atoms with Gasteiger partial charge >= 0.3 is 0 Å². The summed E-state index contributed by atoms with van der Waals surface area (Å²) in [5, 5.41) is 7.08. The van der Waals surface area contributed by atoms with E-state index in [1.54, 1.807) is 0 Å². The molecule has 1 saturated heterocycles. The van der Waals surface area contributed by atoms with E-state index < -0.39 is 0 Å². The summed E-state index contributed by atoms with van der Waals surface area (Å²) >= 11 is 0. The number of nitrogens with zero attached hydrogens (tertiary/aromatic N) is 3. The highest BCUT2D eigenvalue weighted by Gasteiger charge is 2.22. The summed E-state index contributed by atoms with van der Waals surface area (Å²) in [5.41, 5.74) is 1.34. The van der Waals surface area contributed by atoms with Crippen LogP contribution in [0.5, 0.6) is 0 Å². The van der Waals surface area contributed by atoms with E-state index in [1.807, 2.05) is 7.05 Å². The molecule has 2 aliphatic rings. The van der Waals surface area contributed by atoms with Crippen LogP contribution in [-0.4, -0.2) is 62.7 Å². The lowest BCUT2D eigenvalue weighted by Gasteiger charge is -2.39. The number of aliphatic imine (C=N–C) groups is 1. The number of rotatable bonds is 5. The fourth-order valence-electron chi connectivity index (χ4n) is 3.89. The average Bonchev–Trinajstić information content (AvgIpc) is 3.19. The molecule has 146 valence electrons. The van der Waals surface area contributed by atoms with Crippen molar-refractivity contribution in [3.63, 3.8) is 0 Å². The normalized spacial score (nSPS) is 20.5. The fourth-order valence-corrected chi connectivity index (χ4v) is 3.89. The number of hydrogen-bond donors (Lipinski definition) is 2. The zero-order valence-electron chi connectivity index (χ0n) is 16.2. The summed E-state index contributed by atoms with van der Waals surface area (Å²) in [7, 11) is 1.87. The average molecular weight is 471 g/mol. The van der Waals surface area contributed by atoms with Crippen molar-refractivity contribution < 1.29 is 0 Å². The van der Waals surface area contributed by atoms with E-state index in [2.05, 4.69) is 62.7 Å². The van der Waals surface area contributed by atoms with Gasteiger partial charge in [-0.3, -0.25) is 9.89 Å². The van der Waals surface area contributed by atoms with Gasteiger partial charge in [-0.25, -0.2) is 0 Å². The summed E-state index contributed by atoms with van der Waals surface area (Å²) < 4.78 is 0. The molecule has 0 bridgehead atoms. The summed E-state index contributed by atoms with van der Waals surface area (Å²) in [6.07, 6.45) is 5.24. The first-order valence-electron chi connectivity index (χ1n) is 9.77. The Balaban J connectivity index is 0.00000243. The van der Waals surface area contributed by atoms with Crippen LogP contribution in [0.15, 0.2) is 35.3 Å². The van der Waals surface area contributed by atoms with Crippen molar-refractivity contribution in [2.24, 2.45) is 4.99 Å². The van der Waals surface area contributed by atoms with Crippen LogP contribution >= 0.6 is 24.0 Å². The Kier molecular flexibility index (Phi) is 8.98. The Morgan fingerprint density at radius 1 is 1.12 bits per heavy atom. The first kappa shape index (κ1) is 21.3. The van der Waals surface area contributed by atoms with E-state index in [0.717, 1.165) is 38.7 Å². The van der Waals surface area contributed by atoms with E-state index in [1.165, 1.54) is 31.4 Å². The van der Waals surface area contributed by atoms with E-state index >= 15 is 0 Å². The smallest absolute Gasteiger partial charge is 0.191 e. The molecule has 1 saturated carbocycles. The molecule has 2 fully saturated rings. The minimum absolute atomic E-state index is 0. The van der Waals surface area contributed by atoms with Gasteiger partial charge in [-0.15, -0.1) is 24.0 Å². The van der Waals surface area contributed by atoms with Crippen LogP contribution in [0.2, 0.25) is 0 Å². The number of halogens is 1. The number of para-hydroxylation sites is 1. The summed E-state index contributed by atoms with van der Waals surface area (Å²) in [4.78, 5) is 9.45. The molecule has 1 unspecified atom stereocenters. The molecule has 1 aliphatic heterocycles. The zero-order chi connectivity index (χ0) is 17.5. The number of anilines is 1. The van der Waals surface area contributed by atoms with Gasteiger partial charge in [0.25, 0.3) is 0 Å². The van der Waals surface area contributed by atoms with Crippen molar-refractivity contribution in [1.82, 2.24) is 15.5 Å². The molecule has 1 heterocycles. The van der Waals surface area contributed by atoms with E-state index in [4.69, 9.17) is 0 Å². The largest absolute Gasteiger partial charge is 0.369 e. The highest BCUT2D eigenvalue weighted by atomic mass is 127. The molecule has 0 spiro atoms. The van der Waals surface area contributed by atoms with Gasteiger partial charge in [0.1, 0.15) is 0 Å². The Labute approximate surface area is 175 Å². The van der Waals surface area contributed by atoms with Crippen LogP contribution in [0.4, 0.5) is 5.69 Å². The monoisotopic (exact) mass is 471 g/mol. The molecule has 0 amide bonds. The highest BCUT2D eigenvalue weighted by molar-refractivity contribution is 14.0. The van der Waals surface area contributed by atoms with Crippen molar-refractivity contribution in [2.75, 3.05) is 44.7 Å². The Morgan fingerprint density at radius 2 is 1.77 bits per heavy atom. The molecule has 3 rings (SSSR count). The third-order valence-corrected chi connectivity index (χ3v) is 5.54. The van der Waals surface area contributed by atoms with Gasteiger partial charge in [0, 0.05) is 57.5 Å². The van der Waals surface area contributed by atoms with Gasteiger partial charge < -0.3 is 15.5 Å². The van der Waals surface area contributed by atoms with Crippen molar-refractivity contribution in [3.05, 3.63) is 30.3 Å². The van der Waals surface area contributed by atoms with Crippen LogP contribution in [-0.2, 0) is 0 Å². The van der Waals surface area contributed by atoms with E-state index in [-0.39, 0.29) is 24.0 Å². The molecule has 1 atom stereocenters. The molecule has 6 heteroatoms. The van der Waals surface area contributed by atoms with Crippen molar-refractivity contribution >= 4 is 35.6 Å². The van der Waals surface area contributed by atoms with Crippen molar-refractivity contribution in [1.29, 1.82) is 0 Å². The van der Waals surface area contributed by atoms with Crippen LogP contribution < -0.4 is 15.5 Å². The van der Waals surface area contributed by atoms with Crippen LogP contribution in [0.1, 0.15) is 32.6 Å². The third-order valence-electron chi connectivity index (χ3n) is 5.54. The van der Waals surface area contributed by atoms with Crippen molar-refractivity contribution in [2.45, 2.75) is 44.7 Å². The second kappa shape index (κ2) is 11.0. The SMILES string of the molecule is CN=C(NCC(C)N1CCN(c2ccccc2)CC1)NC1CCCC1.I. The molecule has 0 aromatic heterocycles. The van der Waals surface area contributed by atoms with Crippen LogP contribution in [0.3, 0.4) is 0 Å². The number of benzene rings is 1. The maximum Gasteiger partial charge on any atom is 0.191 e. The van der Waals surface area contributed by atoms with Crippen LogP contribution in [0.25, 0.3) is 0 Å². The van der Waals surface area contributed by atoms with Crippen molar-refractivity contribution in [3.8, 4) is 0 Å². The number of hydrogen-bond acceptors (Lipinski definition) is 3. The summed E-state index contributed by atoms with van der Waals surface area (Å²) in [6, 6.07) is 11.9. The second-order valence-corrected chi connectivity index (χ2v) is 7.29. The van der Waals surface area contributed by atoms with Gasteiger partial charge in [-0.05, 0) is 31.9 Å². The summed E-state index contributed by atoms with van der Waals surface area (Å²) in [6.45, 7) is 7.69. The Hall–Kier alpha value is -1.02. The van der Waals surface area contributed by atoms with Crippen LogP contribution in [0, 0.1) is 0 Å². The lowest BCUT2D eigenvalue weighted by atomic mass is 10.2. The minimum Gasteiger partial charge on any atom is -0.369 e. The molecule has 5 nitrogen and oxygen atoms in total. The number of piperazine rings is 1. The molecule has 1 aromatic carbocycles. The molecule has 1 aromatic rings. The first-order chi connectivity index (χ1) is 12.3. The standard InChI is InChI=1S/C20H33N5.HI/c1-17(16-22-20(21-2)23-18-8-6-7-9-18)24-12-14-25(15-13-24)19-10-4-3-5-11-19;/h3-5,10-11,17-18H,6-9,12-16H2,1-2H3,(H2,21,22,23);1H. The second-order valence-electron chi connectivity index (χ2n) is 7.29. The predicted molar refractivity (Wildman–Crippen MR) is 122 cm³/mol. The lowest BCUT2D eigenvalue weighted by molar-refractivity contribution is 0.197. The lowest BCUT2D eigenvalue weighted by Crippen LogP contribution is -2.53. The number of nitrogens with one attached hydrogen (secondary N) is 2. The quantitative estimate of drug-likeness (QED) is 0.394. The van der Waals surface area contributed by atoms with Gasteiger partial charge in [0.15, 0.2) is 5.96 Å². The van der Waals surface area contributed by atoms with Gasteiger partial charge in [0.2, 0.25) is 0 Å². The third kappa shape index (κ3) is 6.01. The molecule has 2 N–H and O–H groups in total. The first-order valence-corrected chi connectivity index (χ1v) is 9.77. The Morgan fingerprint density at radius 3 is 2.38 bits per heavy atom. The zero-order valence-corrected chi connectivity index (χ0v) is 18.5. The fraction of sp³-hybridized carbons (Fsp3) is 0.650. The van der Waals surface area contributed by atoms with Gasteiger partial charge in [-0.1, -0.05) is 31.0 Å². The molecule has 0 radical (unpaired) electrons. The topological polar surface area (TPSA) is 42.9 Å².